The van der Waals surface area contributed by atoms with Crippen LogP contribution in [0, 0.1) is 20.8 Å². The Morgan fingerprint density at radius 1 is 1.36 bits per heavy atom. The van der Waals surface area contributed by atoms with E-state index in [0.717, 1.165) is 0 Å². The minimum absolute atomic E-state index is 0.00226. The molecule has 0 bridgehead atoms. The maximum absolute atomic E-state index is 12.8. The standard InChI is InChI=1S/C13H17F2N5O2/c1-7-10(8(2)20(17-7)13(14)15)5-12(21)19(4)6-11-16-9(3)22-18-11/h13H,5-6H2,1-4H3. The van der Waals surface area contributed by atoms with Crippen LogP contribution in [0.15, 0.2) is 4.52 Å². The number of rotatable bonds is 5. The molecule has 0 aliphatic heterocycles. The summed E-state index contributed by atoms with van der Waals surface area (Å²) in [5, 5.41) is 7.48. The average Bonchev–Trinajstić information content (AvgIpc) is 2.96. The number of aromatic nitrogens is 4. The second-order valence-electron chi connectivity index (χ2n) is 5.03. The lowest BCUT2D eigenvalue weighted by Gasteiger charge is -2.15. The first kappa shape index (κ1) is 16.1. The Bertz CT molecular complexity index is 680. The molecule has 2 aromatic rings. The zero-order valence-corrected chi connectivity index (χ0v) is 12.8. The molecule has 2 heterocycles. The van der Waals surface area contributed by atoms with Gasteiger partial charge in [0.1, 0.15) is 0 Å². The Morgan fingerprint density at radius 2 is 2.05 bits per heavy atom. The number of amides is 1. The van der Waals surface area contributed by atoms with Gasteiger partial charge in [0.05, 0.1) is 18.7 Å². The van der Waals surface area contributed by atoms with Crippen LogP contribution in [-0.4, -0.2) is 37.8 Å². The van der Waals surface area contributed by atoms with E-state index < -0.39 is 6.55 Å². The molecule has 1 amide bonds. The van der Waals surface area contributed by atoms with Gasteiger partial charge in [-0.1, -0.05) is 5.16 Å². The van der Waals surface area contributed by atoms with Crippen LogP contribution < -0.4 is 0 Å². The molecule has 2 rings (SSSR count). The zero-order chi connectivity index (χ0) is 16.4. The van der Waals surface area contributed by atoms with Crippen molar-refractivity contribution in [2.75, 3.05) is 7.05 Å². The largest absolute Gasteiger partial charge is 0.340 e. The van der Waals surface area contributed by atoms with Gasteiger partial charge in [-0.05, 0) is 13.8 Å². The Morgan fingerprint density at radius 3 is 2.55 bits per heavy atom. The van der Waals surface area contributed by atoms with Crippen LogP contribution in [0.3, 0.4) is 0 Å². The fraction of sp³-hybridized carbons (Fsp3) is 0.538. The lowest BCUT2D eigenvalue weighted by molar-refractivity contribution is -0.129. The van der Waals surface area contributed by atoms with Crippen LogP contribution in [-0.2, 0) is 17.8 Å². The van der Waals surface area contributed by atoms with Gasteiger partial charge in [0.2, 0.25) is 11.8 Å². The Labute approximate surface area is 125 Å². The maximum Gasteiger partial charge on any atom is 0.333 e. The molecule has 0 radical (unpaired) electrons. The van der Waals surface area contributed by atoms with Crippen molar-refractivity contribution >= 4 is 5.91 Å². The van der Waals surface area contributed by atoms with E-state index in [-0.39, 0.29) is 18.9 Å². The van der Waals surface area contributed by atoms with Crippen molar-refractivity contribution in [3.8, 4) is 0 Å². The molecule has 2 aromatic heterocycles. The third kappa shape index (κ3) is 3.29. The highest BCUT2D eigenvalue weighted by atomic mass is 19.3. The van der Waals surface area contributed by atoms with E-state index in [4.69, 9.17) is 4.52 Å². The molecule has 0 atom stereocenters. The predicted octanol–water partition coefficient (Wildman–Crippen LogP) is 1.79. The van der Waals surface area contributed by atoms with Crippen molar-refractivity contribution in [1.29, 1.82) is 0 Å². The highest BCUT2D eigenvalue weighted by Crippen LogP contribution is 2.20. The summed E-state index contributed by atoms with van der Waals surface area (Å²) in [6, 6.07) is 0. The van der Waals surface area contributed by atoms with Crippen LogP contribution in [0.4, 0.5) is 8.78 Å². The number of nitrogens with zero attached hydrogens (tertiary/aromatic N) is 5. The van der Waals surface area contributed by atoms with Gasteiger partial charge in [0.15, 0.2) is 5.82 Å². The van der Waals surface area contributed by atoms with Gasteiger partial charge in [-0.25, -0.2) is 4.68 Å². The summed E-state index contributed by atoms with van der Waals surface area (Å²) in [6.07, 6.45) is -0.00226. The number of hydrogen-bond donors (Lipinski definition) is 0. The molecule has 0 fully saturated rings. The van der Waals surface area contributed by atoms with Crippen LogP contribution >= 0.6 is 0 Å². The van der Waals surface area contributed by atoms with Crippen LogP contribution in [0.5, 0.6) is 0 Å². The molecule has 0 saturated carbocycles. The fourth-order valence-electron chi connectivity index (χ4n) is 2.13. The van der Waals surface area contributed by atoms with Crippen molar-refractivity contribution in [3.05, 3.63) is 28.7 Å². The van der Waals surface area contributed by atoms with Gasteiger partial charge in [-0.15, -0.1) is 0 Å². The van der Waals surface area contributed by atoms with Crippen molar-refractivity contribution < 1.29 is 18.1 Å². The number of hydrogen-bond acceptors (Lipinski definition) is 5. The second kappa shape index (κ2) is 6.20. The number of halogens is 2. The molecule has 22 heavy (non-hydrogen) atoms. The van der Waals surface area contributed by atoms with Gasteiger partial charge >= 0.3 is 6.55 Å². The summed E-state index contributed by atoms with van der Waals surface area (Å²) in [7, 11) is 1.59. The van der Waals surface area contributed by atoms with E-state index in [2.05, 4.69) is 15.2 Å². The van der Waals surface area contributed by atoms with E-state index in [1.54, 1.807) is 20.9 Å². The van der Waals surface area contributed by atoms with Crippen molar-refractivity contribution in [3.63, 3.8) is 0 Å². The summed E-state index contributed by atoms with van der Waals surface area (Å²) in [5.41, 5.74) is 1.24. The maximum atomic E-state index is 12.8. The highest BCUT2D eigenvalue weighted by Gasteiger charge is 2.21. The van der Waals surface area contributed by atoms with E-state index in [1.165, 1.54) is 11.8 Å². The molecular weight excluding hydrogens is 296 g/mol. The van der Waals surface area contributed by atoms with E-state index in [9.17, 15) is 13.6 Å². The van der Waals surface area contributed by atoms with Crippen molar-refractivity contribution in [1.82, 2.24) is 24.8 Å². The smallest absolute Gasteiger partial charge is 0.333 e. The Balaban J connectivity index is 2.08. The highest BCUT2D eigenvalue weighted by molar-refractivity contribution is 5.79. The van der Waals surface area contributed by atoms with Crippen molar-refractivity contribution in [2.45, 2.75) is 40.3 Å². The fourth-order valence-corrected chi connectivity index (χ4v) is 2.13. The molecule has 0 spiro atoms. The molecule has 0 unspecified atom stereocenters. The van der Waals surface area contributed by atoms with Gasteiger partial charge < -0.3 is 9.42 Å². The molecule has 7 nitrogen and oxygen atoms in total. The second-order valence-corrected chi connectivity index (χ2v) is 5.03. The lowest BCUT2D eigenvalue weighted by atomic mass is 10.1. The summed E-state index contributed by atoms with van der Waals surface area (Å²) < 4.78 is 31.0. The molecule has 9 heteroatoms. The minimum atomic E-state index is -2.72. The van der Waals surface area contributed by atoms with Gasteiger partial charge in [-0.3, -0.25) is 4.79 Å². The average molecular weight is 313 g/mol. The first-order valence-corrected chi connectivity index (χ1v) is 6.65. The molecule has 0 saturated heterocycles. The number of aryl methyl sites for hydroxylation is 2. The summed E-state index contributed by atoms with van der Waals surface area (Å²) in [4.78, 5) is 17.7. The van der Waals surface area contributed by atoms with E-state index in [1.807, 2.05) is 0 Å². The van der Waals surface area contributed by atoms with Gasteiger partial charge in [-0.2, -0.15) is 18.9 Å². The normalized spacial score (nSPS) is 11.2. The SMILES string of the molecule is Cc1nc(CN(C)C(=O)Cc2c(C)nn(C(F)F)c2C)no1. The summed E-state index contributed by atoms with van der Waals surface area (Å²) in [6.45, 7) is 2.26. The third-order valence-corrected chi connectivity index (χ3v) is 3.36. The van der Waals surface area contributed by atoms with Gasteiger partial charge in [0.25, 0.3) is 0 Å². The summed E-state index contributed by atoms with van der Waals surface area (Å²) in [5.74, 6) is 0.577. The molecule has 0 aliphatic rings. The van der Waals surface area contributed by atoms with E-state index in [0.29, 0.717) is 33.3 Å². The van der Waals surface area contributed by atoms with Crippen LogP contribution in [0.25, 0.3) is 0 Å². The van der Waals surface area contributed by atoms with Crippen LogP contribution in [0.2, 0.25) is 0 Å². The Kier molecular flexibility index (Phi) is 4.53. The molecule has 120 valence electrons. The van der Waals surface area contributed by atoms with E-state index >= 15 is 0 Å². The lowest BCUT2D eigenvalue weighted by Crippen LogP contribution is -2.28. The quantitative estimate of drug-likeness (QED) is 0.841. The number of likely N-dealkylation sites (N-methyl/N-ethyl adjacent to an activating group) is 1. The first-order chi connectivity index (χ1) is 10.3. The minimum Gasteiger partial charge on any atom is -0.340 e. The molecule has 0 aliphatic carbocycles. The topological polar surface area (TPSA) is 77.1 Å². The molecule has 0 aromatic carbocycles. The zero-order valence-electron chi connectivity index (χ0n) is 12.8. The van der Waals surface area contributed by atoms with Crippen LogP contribution in [0.1, 0.15) is 35.2 Å². The van der Waals surface area contributed by atoms with Gasteiger partial charge in [0, 0.05) is 25.2 Å². The predicted molar refractivity (Wildman–Crippen MR) is 72.2 cm³/mol. The third-order valence-electron chi connectivity index (χ3n) is 3.36. The van der Waals surface area contributed by atoms with Crippen molar-refractivity contribution in [2.24, 2.45) is 0 Å². The number of carbonyl (C=O) groups excluding carboxylic acids is 1. The molecular formula is C13H17F2N5O2. The number of alkyl halides is 2. The first-order valence-electron chi connectivity index (χ1n) is 6.65. The number of carbonyl (C=O) groups is 1. The summed E-state index contributed by atoms with van der Waals surface area (Å²) >= 11 is 0. The monoisotopic (exact) mass is 313 g/mol. The molecule has 0 N–H and O–H groups in total. The Hall–Kier alpha value is -2.32.